The largest absolute Gasteiger partial charge is 0.274 e. The summed E-state index contributed by atoms with van der Waals surface area (Å²) in [5.41, 5.74) is 3.08. The average Bonchev–Trinajstić information content (AvgIpc) is 2.81. The molecule has 1 aromatic heterocycles. The van der Waals surface area contributed by atoms with E-state index in [4.69, 9.17) is 0 Å². The molecule has 6 heteroatoms. The molecule has 2 aliphatic carbocycles. The third kappa shape index (κ3) is 2.09. The third-order valence-corrected chi connectivity index (χ3v) is 6.52. The molecule has 5 nitrogen and oxygen atoms in total. The van der Waals surface area contributed by atoms with E-state index in [2.05, 4.69) is 34.1 Å². The molecular formula is C16H19N3O2S. The van der Waals surface area contributed by atoms with Crippen molar-refractivity contribution < 1.29 is 8.42 Å². The van der Waals surface area contributed by atoms with Gasteiger partial charge in [-0.1, -0.05) is 24.3 Å². The van der Waals surface area contributed by atoms with Crippen LogP contribution in [0.15, 0.2) is 41.6 Å². The summed E-state index contributed by atoms with van der Waals surface area (Å²) >= 11 is 0. The van der Waals surface area contributed by atoms with Crippen LogP contribution in [0, 0.1) is 5.92 Å². The summed E-state index contributed by atoms with van der Waals surface area (Å²) in [5.74, 6) is 0.405. The van der Waals surface area contributed by atoms with Gasteiger partial charge in [-0.15, -0.1) is 0 Å². The molecule has 2 atom stereocenters. The topological polar surface area (TPSA) is 64.0 Å². The molecule has 0 bridgehead atoms. The molecule has 0 amide bonds. The van der Waals surface area contributed by atoms with Gasteiger partial charge in [0.25, 0.3) is 0 Å². The first-order valence-electron chi connectivity index (χ1n) is 7.58. The standard InChI is InChI=1S/C16H19N3O2S/c1-19-11-14(10-17-19)22(20,21)18-9-13-8-16(13)7-6-12-4-2-3-5-15(12)16/h2-5,10-11,13,18H,6-9H2,1H3/t13-,16-/m0/s1. The normalized spacial score (nSPS) is 26.3. The monoisotopic (exact) mass is 317 g/mol. The van der Waals surface area contributed by atoms with Crippen molar-refractivity contribution in [1.29, 1.82) is 0 Å². The van der Waals surface area contributed by atoms with Crippen molar-refractivity contribution in [2.75, 3.05) is 6.54 Å². The van der Waals surface area contributed by atoms with E-state index in [0.29, 0.717) is 12.5 Å². The summed E-state index contributed by atoms with van der Waals surface area (Å²) < 4.78 is 28.8. The van der Waals surface area contributed by atoms with Crippen molar-refractivity contribution in [2.45, 2.75) is 29.6 Å². The van der Waals surface area contributed by atoms with Crippen LogP contribution < -0.4 is 4.72 Å². The number of sulfonamides is 1. The lowest BCUT2D eigenvalue weighted by molar-refractivity contribution is 0.557. The van der Waals surface area contributed by atoms with Crippen LogP contribution in [0.3, 0.4) is 0 Å². The van der Waals surface area contributed by atoms with E-state index in [-0.39, 0.29) is 10.3 Å². The van der Waals surface area contributed by atoms with Gasteiger partial charge in [-0.2, -0.15) is 5.10 Å². The summed E-state index contributed by atoms with van der Waals surface area (Å²) in [7, 11) is -1.74. The number of nitrogens with zero attached hydrogens (tertiary/aromatic N) is 2. The molecule has 1 saturated carbocycles. The van der Waals surface area contributed by atoms with Crippen LogP contribution in [0.1, 0.15) is 24.0 Å². The molecule has 0 aliphatic heterocycles. The van der Waals surface area contributed by atoms with E-state index in [1.54, 1.807) is 7.05 Å². The molecular weight excluding hydrogens is 298 g/mol. The van der Waals surface area contributed by atoms with Gasteiger partial charge in [0.15, 0.2) is 0 Å². The van der Waals surface area contributed by atoms with Crippen LogP contribution in [-0.4, -0.2) is 24.7 Å². The van der Waals surface area contributed by atoms with E-state index in [9.17, 15) is 8.42 Å². The first kappa shape index (κ1) is 14.0. The number of aryl methyl sites for hydroxylation is 2. The minimum absolute atomic E-state index is 0.216. The van der Waals surface area contributed by atoms with E-state index in [0.717, 1.165) is 19.3 Å². The lowest BCUT2D eigenvalue weighted by Crippen LogP contribution is -2.27. The van der Waals surface area contributed by atoms with Gasteiger partial charge in [-0.3, -0.25) is 4.68 Å². The molecule has 4 rings (SSSR count). The molecule has 22 heavy (non-hydrogen) atoms. The SMILES string of the molecule is Cn1cc(S(=O)(=O)NC[C@@H]2C[C@@]23CCc2ccccc23)cn1. The summed E-state index contributed by atoms with van der Waals surface area (Å²) in [6.07, 6.45) is 6.25. The molecule has 1 heterocycles. The second-order valence-electron chi connectivity index (χ2n) is 6.42. The van der Waals surface area contributed by atoms with Crippen LogP contribution in [0.25, 0.3) is 0 Å². The molecule has 1 spiro atoms. The first-order chi connectivity index (χ1) is 10.5. The van der Waals surface area contributed by atoms with Gasteiger partial charge in [-0.25, -0.2) is 13.1 Å². The molecule has 2 aliphatic rings. The highest BCUT2D eigenvalue weighted by atomic mass is 32.2. The minimum Gasteiger partial charge on any atom is -0.274 e. The molecule has 0 saturated heterocycles. The van der Waals surface area contributed by atoms with Gasteiger partial charge in [0.2, 0.25) is 10.0 Å². The quantitative estimate of drug-likeness (QED) is 0.931. The fourth-order valence-corrected chi connectivity index (χ4v) is 4.90. The summed E-state index contributed by atoms with van der Waals surface area (Å²) in [6.45, 7) is 0.506. The molecule has 0 radical (unpaired) electrons. The Morgan fingerprint density at radius 1 is 1.41 bits per heavy atom. The number of hydrogen-bond acceptors (Lipinski definition) is 3. The zero-order chi connectivity index (χ0) is 15.4. The van der Waals surface area contributed by atoms with E-state index in [1.807, 2.05) is 0 Å². The number of aromatic nitrogens is 2. The van der Waals surface area contributed by atoms with Crippen LogP contribution in [0.2, 0.25) is 0 Å². The Morgan fingerprint density at radius 3 is 3.00 bits per heavy atom. The first-order valence-corrected chi connectivity index (χ1v) is 9.06. The molecule has 1 fully saturated rings. The lowest BCUT2D eigenvalue weighted by atomic mass is 9.95. The number of benzene rings is 1. The number of rotatable bonds is 4. The van der Waals surface area contributed by atoms with Gasteiger partial charge in [0.05, 0.1) is 6.20 Å². The van der Waals surface area contributed by atoms with Gasteiger partial charge in [-0.05, 0) is 36.3 Å². The number of hydrogen-bond donors (Lipinski definition) is 1. The maximum absolute atomic E-state index is 12.3. The van der Waals surface area contributed by atoms with E-state index < -0.39 is 10.0 Å². The van der Waals surface area contributed by atoms with Gasteiger partial charge < -0.3 is 0 Å². The zero-order valence-corrected chi connectivity index (χ0v) is 13.3. The van der Waals surface area contributed by atoms with Crippen molar-refractivity contribution in [3.05, 3.63) is 47.8 Å². The Kier molecular flexibility index (Phi) is 2.96. The van der Waals surface area contributed by atoms with Gasteiger partial charge in [0.1, 0.15) is 4.90 Å². The molecule has 116 valence electrons. The van der Waals surface area contributed by atoms with E-state index >= 15 is 0 Å². The van der Waals surface area contributed by atoms with Crippen molar-refractivity contribution in [1.82, 2.24) is 14.5 Å². The number of fused-ring (bicyclic) bond motifs is 2. The average molecular weight is 317 g/mol. The van der Waals surface area contributed by atoms with Gasteiger partial charge in [0, 0.05) is 25.2 Å². The predicted molar refractivity (Wildman–Crippen MR) is 82.9 cm³/mol. The Morgan fingerprint density at radius 2 is 2.23 bits per heavy atom. The van der Waals surface area contributed by atoms with Crippen molar-refractivity contribution in [3.8, 4) is 0 Å². The fraction of sp³-hybridized carbons (Fsp3) is 0.438. The summed E-state index contributed by atoms with van der Waals surface area (Å²) in [5, 5.41) is 3.92. The summed E-state index contributed by atoms with van der Waals surface area (Å²) in [6, 6.07) is 8.57. The molecule has 2 aromatic rings. The molecule has 1 N–H and O–H groups in total. The van der Waals surface area contributed by atoms with Crippen LogP contribution in [0.4, 0.5) is 0 Å². The molecule has 0 unspecified atom stereocenters. The Hall–Kier alpha value is -1.66. The minimum atomic E-state index is -3.45. The lowest BCUT2D eigenvalue weighted by Gasteiger charge is -2.12. The Labute approximate surface area is 130 Å². The predicted octanol–water partition coefficient (Wildman–Crippen LogP) is 1.60. The highest BCUT2D eigenvalue weighted by Crippen LogP contribution is 2.61. The van der Waals surface area contributed by atoms with Crippen LogP contribution >= 0.6 is 0 Å². The second kappa shape index (κ2) is 4.67. The third-order valence-electron chi connectivity index (χ3n) is 5.14. The second-order valence-corrected chi connectivity index (χ2v) is 8.18. The Bertz CT molecular complexity index is 827. The van der Waals surface area contributed by atoms with Gasteiger partial charge >= 0.3 is 0 Å². The maximum Gasteiger partial charge on any atom is 0.243 e. The van der Waals surface area contributed by atoms with E-state index in [1.165, 1.54) is 28.2 Å². The number of nitrogens with one attached hydrogen (secondary N) is 1. The Balaban J connectivity index is 1.47. The highest BCUT2D eigenvalue weighted by Gasteiger charge is 2.57. The highest BCUT2D eigenvalue weighted by molar-refractivity contribution is 7.89. The van der Waals surface area contributed by atoms with Crippen molar-refractivity contribution in [3.63, 3.8) is 0 Å². The summed E-state index contributed by atoms with van der Waals surface area (Å²) in [4.78, 5) is 0.233. The fourth-order valence-electron chi connectivity index (χ4n) is 3.83. The van der Waals surface area contributed by atoms with Crippen molar-refractivity contribution in [2.24, 2.45) is 13.0 Å². The molecule has 1 aromatic carbocycles. The zero-order valence-electron chi connectivity index (χ0n) is 12.5. The van der Waals surface area contributed by atoms with Crippen molar-refractivity contribution >= 4 is 10.0 Å². The smallest absolute Gasteiger partial charge is 0.243 e. The van der Waals surface area contributed by atoms with Crippen LogP contribution in [-0.2, 0) is 28.9 Å². The maximum atomic E-state index is 12.3. The van der Waals surface area contributed by atoms with Crippen LogP contribution in [0.5, 0.6) is 0 Å².